The Hall–Kier alpha value is -3.66. The number of rotatable bonds is 2. The number of para-hydroxylation sites is 1. The van der Waals surface area contributed by atoms with Crippen LogP contribution in [0.5, 0.6) is 0 Å². The molecule has 1 aliphatic heterocycles. The Morgan fingerprint density at radius 1 is 0.889 bits per heavy atom. The number of pyridine rings is 1. The predicted molar refractivity (Wildman–Crippen MR) is 108 cm³/mol. The molecule has 1 amide bonds. The van der Waals surface area contributed by atoms with E-state index >= 15 is 0 Å². The number of carbonyl (C=O) groups is 1. The van der Waals surface area contributed by atoms with E-state index < -0.39 is 0 Å². The Labute approximate surface area is 157 Å². The minimum atomic E-state index is -0.00505. The second-order valence-corrected chi connectivity index (χ2v) is 6.58. The van der Waals surface area contributed by atoms with Gasteiger partial charge in [0, 0.05) is 24.4 Å². The predicted octanol–water partition coefficient (Wildman–Crippen LogP) is 4.52. The summed E-state index contributed by atoms with van der Waals surface area (Å²) in [6, 6.07) is 24.0. The van der Waals surface area contributed by atoms with Crippen LogP contribution in [0, 0.1) is 0 Å². The molecule has 0 radical (unpaired) electrons. The number of imidazole rings is 1. The second kappa shape index (κ2) is 5.95. The summed E-state index contributed by atoms with van der Waals surface area (Å²) in [5.74, 6) is 0.861. The molecular weight excluding hydrogens is 334 g/mol. The van der Waals surface area contributed by atoms with E-state index in [1.54, 1.807) is 4.90 Å². The van der Waals surface area contributed by atoms with E-state index in [1.807, 2.05) is 92.1 Å². The van der Waals surface area contributed by atoms with Gasteiger partial charge in [0.05, 0.1) is 22.5 Å². The van der Waals surface area contributed by atoms with Gasteiger partial charge in [-0.15, -0.1) is 0 Å². The van der Waals surface area contributed by atoms with Gasteiger partial charge in [0.1, 0.15) is 5.82 Å². The molecule has 4 aromatic rings. The largest absolute Gasteiger partial charge is 0.311 e. The van der Waals surface area contributed by atoms with Crippen molar-refractivity contribution in [2.75, 3.05) is 11.9 Å². The quantitative estimate of drug-likeness (QED) is 0.498. The summed E-state index contributed by atoms with van der Waals surface area (Å²) >= 11 is 0. The van der Waals surface area contributed by atoms with Gasteiger partial charge >= 0.3 is 0 Å². The molecule has 4 heteroatoms. The normalized spacial score (nSPS) is 14.9. The van der Waals surface area contributed by atoms with Crippen LogP contribution in [0.4, 0.5) is 5.69 Å². The molecule has 4 nitrogen and oxygen atoms in total. The summed E-state index contributed by atoms with van der Waals surface area (Å²) in [6.45, 7) is 0. The van der Waals surface area contributed by atoms with Gasteiger partial charge in [-0.2, -0.15) is 0 Å². The van der Waals surface area contributed by atoms with Crippen LogP contribution in [0.25, 0.3) is 28.6 Å². The highest BCUT2D eigenvalue weighted by molar-refractivity contribution is 6.35. The summed E-state index contributed by atoms with van der Waals surface area (Å²) in [7, 11) is 1.81. The molecule has 0 unspecified atom stereocenters. The standard InChI is InChI=1S/C23H17N3O/c1-25-20-12-6-5-11-17(20)18(23(25)27)15-19-21-13-7-8-14-26(21)22(24-19)16-9-3-2-4-10-16/h2-15H,1H3/b18-15+. The smallest absolute Gasteiger partial charge is 0.258 e. The lowest BCUT2D eigenvalue weighted by Gasteiger charge is -2.07. The number of anilines is 1. The first-order chi connectivity index (χ1) is 13.2. The summed E-state index contributed by atoms with van der Waals surface area (Å²) in [5, 5.41) is 0. The van der Waals surface area contributed by atoms with Crippen molar-refractivity contribution in [3.8, 4) is 11.4 Å². The number of carbonyl (C=O) groups excluding carboxylic acids is 1. The number of likely N-dealkylation sites (N-methyl/N-ethyl adjacent to an activating group) is 1. The molecule has 0 N–H and O–H groups in total. The van der Waals surface area contributed by atoms with Crippen LogP contribution in [-0.4, -0.2) is 22.3 Å². The van der Waals surface area contributed by atoms with Crippen LogP contribution >= 0.6 is 0 Å². The van der Waals surface area contributed by atoms with Crippen molar-refractivity contribution in [3.63, 3.8) is 0 Å². The zero-order valence-corrected chi connectivity index (χ0v) is 14.8. The van der Waals surface area contributed by atoms with Gasteiger partial charge in [0.2, 0.25) is 0 Å². The highest BCUT2D eigenvalue weighted by Crippen LogP contribution is 2.37. The van der Waals surface area contributed by atoms with Gasteiger partial charge in [-0.05, 0) is 24.3 Å². The number of hydrogen-bond donors (Lipinski definition) is 0. The van der Waals surface area contributed by atoms with Crippen molar-refractivity contribution >= 4 is 28.8 Å². The van der Waals surface area contributed by atoms with Crippen LogP contribution in [0.1, 0.15) is 11.3 Å². The summed E-state index contributed by atoms with van der Waals surface area (Å²) < 4.78 is 2.07. The van der Waals surface area contributed by atoms with Crippen LogP contribution in [0.3, 0.4) is 0 Å². The first-order valence-corrected chi connectivity index (χ1v) is 8.86. The fraction of sp³-hybridized carbons (Fsp3) is 0.0435. The Morgan fingerprint density at radius 2 is 1.63 bits per heavy atom. The highest BCUT2D eigenvalue weighted by atomic mass is 16.2. The minimum Gasteiger partial charge on any atom is -0.311 e. The highest BCUT2D eigenvalue weighted by Gasteiger charge is 2.29. The first kappa shape index (κ1) is 15.6. The van der Waals surface area contributed by atoms with E-state index in [4.69, 9.17) is 4.98 Å². The molecule has 0 atom stereocenters. The van der Waals surface area contributed by atoms with Crippen molar-refractivity contribution in [2.45, 2.75) is 0 Å². The number of hydrogen-bond acceptors (Lipinski definition) is 2. The SMILES string of the molecule is CN1C(=O)/C(=C/c2nc(-c3ccccc3)n3ccccc23)c2ccccc21. The molecule has 2 aromatic carbocycles. The average molecular weight is 351 g/mol. The van der Waals surface area contributed by atoms with Gasteiger partial charge in [-0.3, -0.25) is 9.20 Å². The fourth-order valence-corrected chi connectivity index (χ4v) is 3.63. The topological polar surface area (TPSA) is 37.6 Å². The molecule has 0 spiro atoms. The summed E-state index contributed by atoms with van der Waals surface area (Å²) in [6.07, 6.45) is 3.91. The molecule has 0 bridgehead atoms. The lowest BCUT2D eigenvalue weighted by atomic mass is 10.1. The molecule has 130 valence electrons. The first-order valence-electron chi connectivity index (χ1n) is 8.86. The summed E-state index contributed by atoms with van der Waals surface area (Å²) in [5.41, 5.74) is 5.37. The maximum atomic E-state index is 12.8. The van der Waals surface area contributed by atoms with Gasteiger partial charge in [0.25, 0.3) is 5.91 Å². The van der Waals surface area contributed by atoms with E-state index in [-0.39, 0.29) is 5.91 Å². The third kappa shape index (κ3) is 2.38. The van der Waals surface area contributed by atoms with Crippen LogP contribution in [-0.2, 0) is 4.79 Å². The number of aromatic nitrogens is 2. The summed E-state index contributed by atoms with van der Waals surface area (Å²) in [4.78, 5) is 19.4. The van der Waals surface area contributed by atoms with Crippen molar-refractivity contribution in [1.29, 1.82) is 0 Å². The molecule has 3 heterocycles. The Morgan fingerprint density at radius 3 is 2.48 bits per heavy atom. The lowest BCUT2D eigenvalue weighted by molar-refractivity contribution is -0.112. The monoisotopic (exact) mass is 351 g/mol. The molecule has 27 heavy (non-hydrogen) atoms. The van der Waals surface area contributed by atoms with Crippen LogP contribution < -0.4 is 4.90 Å². The number of nitrogens with zero attached hydrogens (tertiary/aromatic N) is 3. The molecule has 0 aliphatic carbocycles. The molecule has 1 aliphatic rings. The number of amides is 1. The van der Waals surface area contributed by atoms with Crippen molar-refractivity contribution in [3.05, 3.63) is 90.3 Å². The third-order valence-corrected chi connectivity index (χ3v) is 4.98. The van der Waals surface area contributed by atoms with E-state index in [2.05, 4.69) is 4.40 Å². The van der Waals surface area contributed by atoms with E-state index in [1.165, 1.54) is 0 Å². The van der Waals surface area contributed by atoms with Crippen LogP contribution in [0.15, 0.2) is 79.0 Å². The maximum Gasteiger partial charge on any atom is 0.258 e. The number of benzene rings is 2. The molecule has 5 rings (SSSR count). The maximum absolute atomic E-state index is 12.8. The Balaban J connectivity index is 1.74. The molecule has 0 saturated heterocycles. The van der Waals surface area contributed by atoms with Gasteiger partial charge in [-0.1, -0.05) is 54.6 Å². The van der Waals surface area contributed by atoms with Crippen molar-refractivity contribution in [1.82, 2.24) is 9.38 Å². The van der Waals surface area contributed by atoms with Gasteiger partial charge in [0.15, 0.2) is 0 Å². The van der Waals surface area contributed by atoms with E-state index in [0.29, 0.717) is 5.57 Å². The van der Waals surface area contributed by atoms with Gasteiger partial charge in [-0.25, -0.2) is 4.98 Å². The molecule has 0 fully saturated rings. The number of fused-ring (bicyclic) bond motifs is 2. The van der Waals surface area contributed by atoms with Crippen molar-refractivity contribution in [2.24, 2.45) is 0 Å². The molecular formula is C23H17N3O. The minimum absolute atomic E-state index is 0.00505. The Kier molecular flexibility index (Phi) is 3.44. The second-order valence-electron chi connectivity index (χ2n) is 6.58. The van der Waals surface area contributed by atoms with Gasteiger partial charge < -0.3 is 4.90 Å². The molecule has 0 saturated carbocycles. The van der Waals surface area contributed by atoms with Crippen LogP contribution in [0.2, 0.25) is 0 Å². The van der Waals surface area contributed by atoms with E-state index in [9.17, 15) is 4.79 Å². The average Bonchev–Trinajstić information content (AvgIpc) is 3.21. The zero-order valence-electron chi connectivity index (χ0n) is 14.8. The third-order valence-electron chi connectivity index (χ3n) is 4.98. The van der Waals surface area contributed by atoms with E-state index in [0.717, 1.165) is 33.8 Å². The Bertz CT molecular complexity index is 1200. The molecule has 2 aromatic heterocycles. The zero-order chi connectivity index (χ0) is 18.4. The van der Waals surface area contributed by atoms with Crippen molar-refractivity contribution < 1.29 is 4.79 Å². The lowest BCUT2D eigenvalue weighted by Crippen LogP contribution is -2.20. The fourth-order valence-electron chi connectivity index (χ4n) is 3.63.